The summed E-state index contributed by atoms with van der Waals surface area (Å²) in [6, 6.07) is 16.9. The first-order valence-electron chi connectivity index (χ1n) is 8.04. The van der Waals surface area contributed by atoms with Crippen LogP contribution in [0.15, 0.2) is 64.2 Å². The summed E-state index contributed by atoms with van der Waals surface area (Å²) in [4.78, 5) is 23.8. The van der Waals surface area contributed by atoms with E-state index >= 15 is 0 Å². The summed E-state index contributed by atoms with van der Waals surface area (Å²) in [5, 5.41) is 6.92. The van der Waals surface area contributed by atoms with Crippen molar-refractivity contribution in [3.63, 3.8) is 0 Å². The van der Waals surface area contributed by atoms with E-state index < -0.39 is 0 Å². The summed E-state index contributed by atoms with van der Waals surface area (Å²) < 4.78 is 0.938. The Morgan fingerprint density at radius 1 is 0.960 bits per heavy atom. The molecule has 0 heterocycles. The van der Waals surface area contributed by atoms with Crippen molar-refractivity contribution < 1.29 is 9.59 Å². The van der Waals surface area contributed by atoms with Crippen LogP contribution in [0.3, 0.4) is 0 Å². The van der Waals surface area contributed by atoms with Crippen LogP contribution in [0.25, 0.3) is 0 Å². The average Bonchev–Trinajstić information content (AvgIpc) is 2.63. The summed E-state index contributed by atoms with van der Waals surface area (Å²) in [6.45, 7) is 1.98. The van der Waals surface area contributed by atoms with Crippen molar-refractivity contribution in [3.8, 4) is 0 Å². The van der Waals surface area contributed by atoms with Crippen molar-refractivity contribution >= 4 is 39.1 Å². The largest absolute Gasteiger partial charge is 0.326 e. The first kappa shape index (κ1) is 18.9. The van der Waals surface area contributed by atoms with Crippen LogP contribution in [0.1, 0.15) is 31.7 Å². The van der Waals surface area contributed by atoms with E-state index in [0.29, 0.717) is 12.1 Å². The van der Waals surface area contributed by atoms with E-state index in [1.807, 2.05) is 49.4 Å². The molecule has 0 spiro atoms. The molecule has 0 fully saturated rings. The maximum Gasteiger partial charge on any atom is 0.240 e. The minimum atomic E-state index is -0.284. The minimum absolute atomic E-state index is 0.0810. The van der Waals surface area contributed by atoms with Crippen LogP contribution in [0.2, 0.25) is 0 Å². The Hall–Kier alpha value is -2.47. The number of halogens is 1. The number of hydrogen-bond donors (Lipinski definition) is 2. The van der Waals surface area contributed by atoms with Crippen LogP contribution >= 0.6 is 15.9 Å². The Morgan fingerprint density at radius 3 is 2.24 bits per heavy atom. The maximum atomic E-state index is 11.9. The van der Waals surface area contributed by atoms with Crippen LogP contribution < -0.4 is 10.7 Å². The molecule has 0 atom stereocenters. The van der Waals surface area contributed by atoms with E-state index in [0.717, 1.165) is 15.7 Å². The van der Waals surface area contributed by atoms with Gasteiger partial charge in [0.25, 0.3) is 0 Å². The number of carbonyl (C=O) groups is 2. The fraction of sp³-hybridized carbons (Fsp3) is 0.211. The Kier molecular flexibility index (Phi) is 7.35. The number of anilines is 1. The van der Waals surface area contributed by atoms with Gasteiger partial charge in [-0.3, -0.25) is 9.59 Å². The van der Waals surface area contributed by atoms with Crippen LogP contribution in [-0.2, 0) is 9.59 Å². The highest BCUT2D eigenvalue weighted by Gasteiger charge is 2.08. The van der Waals surface area contributed by atoms with Gasteiger partial charge >= 0.3 is 0 Å². The Labute approximate surface area is 155 Å². The topological polar surface area (TPSA) is 70.6 Å². The monoisotopic (exact) mass is 401 g/mol. The third kappa shape index (κ3) is 6.51. The highest BCUT2D eigenvalue weighted by atomic mass is 79.9. The van der Waals surface area contributed by atoms with Gasteiger partial charge in [-0.1, -0.05) is 53.2 Å². The highest BCUT2D eigenvalue weighted by molar-refractivity contribution is 9.10. The molecule has 0 aliphatic rings. The van der Waals surface area contributed by atoms with Gasteiger partial charge in [0, 0.05) is 23.0 Å². The normalized spacial score (nSPS) is 11.0. The Morgan fingerprint density at radius 2 is 1.60 bits per heavy atom. The van der Waals surface area contributed by atoms with Gasteiger partial charge in [0.15, 0.2) is 0 Å². The second-order valence-corrected chi connectivity index (χ2v) is 6.28. The van der Waals surface area contributed by atoms with Gasteiger partial charge in [-0.2, -0.15) is 5.10 Å². The molecule has 0 aliphatic heterocycles. The molecule has 2 amide bonds. The molecule has 0 bridgehead atoms. The predicted molar refractivity (Wildman–Crippen MR) is 103 cm³/mol. The van der Waals surface area contributed by atoms with E-state index in [2.05, 4.69) is 31.8 Å². The Balaban J connectivity index is 1.80. The lowest BCUT2D eigenvalue weighted by atomic mass is 10.1. The molecule has 0 aromatic heterocycles. The number of rotatable bonds is 7. The summed E-state index contributed by atoms with van der Waals surface area (Å²) in [5.74, 6) is -0.493. The molecule has 0 unspecified atom stereocenters. The van der Waals surface area contributed by atoms with Gasteiger partial charge in [-0.05, 0) is 36.2 Å². The fourth-order valence-corrected chi connectivity index (χ4v) is 2.41. The summed E-state index contributed by atoms with van der Waals surface area (Å²) >= 11 is 3.34. The van der Waals surface area contributed by atoms with E-state index in [4.69, 9.17) is 0 Å². The number of hydrazone groups is 1. The number of carbonyl (C=O) groups excluding carboxylic acids is 2. The first-order valence-corrected chi connectivity index (χ1v) is 8.84. The number of nitrogens with zero attached hydrogens (tertiary/aromatic N) is 1. The zero-order valence-corrected chi connectivity index (χ0v) is 15.5. The van der Waals surface area contributed by atoms with Crippen LogP contribution in [0.5, 0.6) is 0 Å². The van der Waals surface area contributed by atoms with Gasteiger partial charge in [0.2, 0.25) is 11.8 Å². The molecule has 5 nitrogen and oxygen atoms in total. The van der Waals surface area contributed by atoms with Crippen molar-refractivity contribution in [2.24, 2.45) is 5.10 Å². The number of amides is 2. The van der Waals surface area contributed by atoms with E-state index in [-0.39, 0.29) is 24.7 Å². The molecular weight excluding hydrogens is 382 g/mol. The van der Waals surface area contributed by atoms with E-state index in [1.165, 1.54) is 0 Å². The lowest BCUT2D eigenvalue weighted by Gasteiger charge is -2.06. The molecule has 0 saturated heterocycles. The van der Waals surface area contributed by atoms with Gasteiger partial charge in [0.05, 0.1) is 5.71 Å². The molecule has 2 aromatic rings. The van der Waals surface area contributed by atoms with Crippen LogP contribution in [0.4, 0.5) is 5.69 Å². The lowest BCUT2D eigenvalue weighted by Crippen LogP contribution is -2.22. The standard InChI is InChI=1S/C19H20BrN3O2/c1-2-17(14-6-4-3-5-7-14)22-23-19(25)13-12-18(24)21-16-10-8-15(20)9-11-16/h3-11H,2,12-13H2,1H3,(H,21,24)(H,23,25)/b22-17-. The summed E-state index contributed by atoms with van der Waals surface area (Å²) in [6.07, 6.45) is 0.885. The maximum absolute atomic E-state index is 11.9. The van der Waals surface area contributed by atoms with Gasteiger partial charge in [-0.25, -0.2) is 5.43 Å². The van der Waals surface area contributed by atoms with Crippen molar-refractivity contribution in [2.75, 3.05) is 5.32 Å². The third-order valence-corrected chi connectivity index (χ3v) is 3.99. The molecule has 2 aromatic carbocycles. The van der Waals surface area contributed by atoms with Crippen molar-refractivity contribution in [3.05, 3.63) is 64.6 Å². The molecule has 0 saturated carbocycles. The fourth-order valence-electron chi connectivity index (χ4n) is 2.15. The molecule has 0 aliphatic carbocycles. The zero-order valence-electron chi connectivity index (χ0n) is 14.0. The van der Waals surface area contributed by atoms with Crippen LogP contribution in [-0.4, -0.2) is 17.5 Å². The number of benzene rings is 2. The van der Waals surface area contributed by atoms with E-state index in [1.54, 1.807) is 12.1 Å². The van der Waals surface area contributed by atoms with E-state index in [9.17, 15) is 9.59 Å². The Bertz CT molecular complexity index is 743. The van der Waals surface area contributed by atoms with Crippen LogP contribution in [0, 0.1) is 0 Å². The SMILES string of the molecule is CC/C(=N/NC(=O)CCC(=O)Nc1ccc(Br)cc1)c1ccccc1. The second-order valence-electron chi connectivity index (χ2n) is 5.37. The summed E-state index contributed by atoms with van der Waals surface area (Å²) in [7, 11) is 0. The molecule has 25 heavy (non-hydrogen) atoms. The second kappa shape index (κ2) is 9.74. The smallest absolute Gasteiger partial charge is 0.240 e. The molecule has 0 radical (unpaired) electrons. The minimum Gasteiger partial charge on any atom is -0.326 e. The van der Waals surface area contributed by atoms with Gasteiger partial charge in [-0.15, -0.1) is 0 Å². The summed E-state index contributed by atoms with van der Waals surface area (Å²) in [5.41, 5.74) is 4.99. The van der Waals surface area contributed by atoms with Crippen molar-refractivity contribution in [2.45, 2.75) is 26.2 Å². The lowest BCUT2D eigenvalue weighted by molar-refractivity contribution is -0.124. The zero-order chi connectivity index (χ0) is 18.1. The highest BCUT2D eigenvalue weighted by Crippen LogP contribution is 2.14. The molecule has 6 heteroatoms. The van der Waals surface area contributed by atoms with Gasteiger partial charge in [0.1, 0.15) is 0 Å². The number of nitrogens with one attached hydrogen (secondary N) is 2. The third-order valence-electron chi connectivity index (χ3n) is 3.46. The molecule has 2 rings (SSSR count). The van der Waals surface area contributed by atoms with Crippen molar-refractivity contribution in [1.82, 2.24) is 5.43 Å². The first-order chi connectivity index (χ1) is 12.1. The van der Waals surface area contributed by atoms with Gasteiger partial charge < -0.3 is 5.32 Å². The molecular formula is C19H20BrN3O2. The predicted octanol–water partition coefficient (Wildman–Crippen LogP) is 4.10. The average molecular weight is 402 g/mol. The molecule has 2 N–H and O–H groups in total. The quantitative estimate of drug-likeness (QED) is 0.541. The van der Waals surface area contributed by atoms with Crippen molar-refractivity contribution in [1.29, 1.82) is 0 Å². The number of hydrogen-bond acceptors (Lipinski definition) is 3. The molecule has 130 valence electrons.